The number of likely N-dealkylation sites (tertiary alicyclic amines) is 1. The maximum Gasteiger partial charge on any atom is 0.310 e. The molecule has 2 fully saturated rings. The Labute approximate surface area is 181 Å². The minimum atomic E-state index is -0.111. The largest absolute Gasteiger partial charge is 0.469 e. The number of hydrogen-bond donors (Lipinski definition) is 1. The minimum absolute atomic E-state index is 0. The Morgan fingerprint density at radius 1 is 1.26 bits per heavy atom. The summed E-state index contributed by atoms with van der Waals surface area (Å²) >= 11 is 0. The molecule has 1 saturated heterocycles. The van der Waals surface area contributed by atoms with Crippen LogP contribution < -0.4 is 5.32 Å². The molecular formula is C20H38IN3O3. The highest BCUT2D eigenvalue weighted by Gasteiger charge is 2.38. The van der Waals surface area contributed by atoms with Gasteiger partial charge in [-0.2, -0.15) is 0 Å². The zero-order valence-electron chi connectivity index (χ0n) is 17.5. The fraction of sp³-hybridized carbons (Fsp3) is 0.900. The van der Waals surface area contributed by atoms with Crippen molar-refractivity contribution in [3.63, 3.8) is 0 Å². The summed E-state index contributed by atoms with van der Waals surface area (Å²) in [6.45, 7) is 11.1. The van der Waals surface area contributed by atoms with Gasteiger partial charge in [-0.15, -0.1) is 24.0 Å². The molecule has 1 N–H and O–H groups in total. The molecule has 1 aliphatic carbocycles. The van der Waals surface area contributed by atoms with Crippen LogP contribution in [0.4, 0.5) is 0 Å². The summed E-state index contributed by atoms with van der Waals surface area (Å²) in [6.07, 6.45) is 6.16. The van der Waals surface area contributed by atoms with E-state index in [1.54, 1.807) is 0 Å². The third-order valence-electron chi connectivity index (χ3n) is 5.96. The number of guanidine groups is 1. The van der Waals surface area contributed by atoms with Crippen molar-refractivity contribution in [1.29, 1.82) is 0 Å². The molecular weight excluding hydrogens is 457 g/mol. The molecule has 0 bridgehead atoms. The van der Waals surface area contributed by atoms with Crippen LogP contribution in [0.25, 0.3) is 0 Å². The Balaban J connectivity index is 0.00000364. The van der Waals surface area contributed by atoms with Gasteiger partial charge in [0.25, 0.3) is 0 Å². The van der Waals surface area contributed by atoms with Gasteiger partial charge in [-0.25, -0.2) is 0 Å². The topological polar surface area (TPSA) is 63.2 Å². The monoisotopic (exact) mass is 495 g/mol. The third kappa shape index (κ3) is 6.76. The number of esters is 1. The zero-order valence-corrected chi connectivity index (χ0v) is 19.8. The Morgan fingerprint density at radius 3 is 2.56 bits per heavy atom. The van der Waals surface area contributed by atoms with Crippen molar-refractivity contribution in [3.05, 3.63) is 0 Å². The number of carbonyl (C=O) groups is 1. The van der Waals surface area contributed by atoms with Crippen molar-refractivity contribution in [1.82, 2.24) is 10.2 Å². The van der Waals surface area contributed by atoms with Crippen molar-refractivity contribution in [2.45, 2.75) is 52.9 Å². The Morgan fingerprint density at radius 2 is 1.96 bits per heavy atom. The van der Waals surface area contributed by atoms with Crippen molar-refractivity contribution >= 4 is 35.9 Å². The van der Waals surface area contributed by atoms with Crippen LogP contribution in [0.1, 0.15) is 52.9 Å². The molecule has 1 aliphatic heterocycles. The van der Waals surface area contributed by atoms with Crippen LogP contribution in [0.3, 0.4) is 0 Å². The summed E-state index contributed by atoms with van der Waals surface area (Å²) in [6, 6.07) is 0. The van der Waals surface area contributed by atoms with Gasteiger partial charge in [0, 0.05) is 39.4 Å². The second-order valence-electron chi connectivity index (χ2n) is 7.84. The molecule has 1 heterocycles. The summed E-state index contributed by atoms with van der Waals surface area (Å²) < 4.78 is 10.6. The molecule has 27 heavy (non-hydrogen) atoms. The number of nitrogens with one attached hydrogen (secondary N) is 1. The van der Waals surface area contributed by atoms with Crippen molar-refractivity contribution in [2.75, 3.05) is 46.5 Å². The standard InChI is InChI=1S/C20H37N3O3.HI/c1-5-21-19(23-13-16(3)17(14-23)18(24)25-4)22-15-20(9-7-8-10-20)11-12-26-6-2;/h16-17H,5-15H2,1-4H3,(H,21,22);1H. The first-order valence-electron chi connectivity index (χ1n) is 10.2. The molecule has 0 aromatic heterocycles. The van der Waals surface area contributed by atoms with E-state index in [9.17, 15) is 4.79 Å². The fourth-order valence-corrected chi connectivity index (χ4v) is 4.31. The quantitative estimate of drug-likeness (QED) is 0.184. The lowest BCUT2D eigenvalue weighted by atomic mass is 9.83. The highest BCUT2D eigenvalue weighted by Crippen LogP contribution is 2.41. The lowest BCUT2D eigenvalue weighted by Crippen LogP contribution is -2.41. The van der Waals surface area contributed by atoms with Crippen molar-refractivity contribution < 1.29 is 14.3 Å². The SMILES string of the molecule is CCNC(=NCC1(CCOCC)CCCC1)N1CC(C)C(C(=O)OC)C1.I. The molecule has 0 amide bonds. The normalized spacial score (nSPS) is 24.6. The highest BCUT2D eigenvalue weighted by atomic mass is 127. The second-order valence-corrected chi connectivity index (χ2v) is 7.84. The van der Waals surface area contributed by atoms with Gasteiger partial charge in [0.15, 0.2) is 5.96 Å². The van der Waals surface area contributed by atoms with Crippen LogP contribution in [0.15, 0.2) is 4.99 Å². The van der Waals surface area contributed by atoms with Crippen LogP contribution in [0, 0.1) is 17.3 Å². The maximum absolute atomic E-state index is 12.0. The first-order valence-corrected chi connectivity index (χ1v) is 10.2. The summed E-state index contributed by atoms with van der Waals surface area (Å²) in [5.41, 5.74) is 0.281. The van der Waals surface area contributed by atoms with Crippen LogP contribution in [0.2, 0.25) is 0 Å². The summed E-state index contributed by atoms with van der Waals surface area (Å²) in [7, 11) is 1.47. The van der Waals surface area contributed by atoms with E-state index < -0.39 is 0 Å². The Kier molecular flexibility index (Phi) is 11.0. The third-order valence-corrected chi connectivity index (χ3v) is 5.96. The molecule has 0 radical (unpaired) electrons. The van der Waals surface area contributed by atoms with E-state index in [-0.39, 0.29) is 47.2 Å². The van der Waals surface area contributed by atoms with Gasteiger partial charge in [-0.3, -0.25) is 9.79 Å². The summed E-state index contributed by atoms with van der Waals surface area (Å²) in [5.74, 6) is 1.04. The number of carbonyl (C=O) groups excluding carboxylic acids is 1. The van der Waals surface area contributed by atoms with Crippen LogP contribution in [-0.2, 0) is 14.3 Å². The van der Waals surface area contributed by atoms with Gasteiger partial charge >= 0.3 is 5.97 Å². The van der Waals surface area contributed by atoms with E-state index in [2.05, 4.69) is 31.0 Å². The van der Waals surface area contributed by atoms with Crippen LogP contribution in [0.5, 0.6) is 0 Å². The summed E-state index contributed by atoms with van der Waals surface area (Å²) in [4.78, 5) is 19.2. The van der Waals surface area contributed by atoms with E-state index in [4.69, 9.17) is 14.5 Å². The van der Waals surface area contributed by atoms with E-state index in [0.29, 0.717) is 6.54 Å². The predicted molar refractivity (Wildman–Crippen MR) is 120 cm³/mol. The molecule has 0 aromatic carbocycles. The van der Waals surface area contributed by atoms with Gasteiger partial charge in [-0.1, -0.05) is 19.8 Å². The molecule has 7 heteroatoms. The molecule has 2 unspecified atom stereocenters. The molecule has 0 aromatic rings. The Bertz CT molecular complexity index is 481. The Hall–Kier alpha value is -0.570. The van der Waals surface area contributed by atoms with Crippen LogP contribution >= 0.6 is 24.0 Å². The smallest absolute Gasteiger partial charge is 0.310 e. The van der Waals surface area contributed by atoms with Crippen molar-refractivity contribution in [3.8, 4) is 0 Å². The number of rotatable bonds is 8. The van der Waals surface area contributed by atoms with E-state index in [0.717, 1.165) is 45.2 Å². The number of aliphatic imine (C=N–C) groups is 1. The van der Waals surface area contributed by atoms with E-state index in [1.807, 2.05) is 0 Å². The van der Waals surface area contributed by atoms with E-state index >= 15 is 0 Å². The number of halogens is 1. The molecule has 6 nitrogen and oxygen atoms in total. The van der Waals surface area contributed by atoms with Gasteiger partial charge in [0.1, 0.15) is 0 Å². The number of nitrogens with zero attached hydrogens (tertiary/aromatic N) is 2. The second kappa shape index (κ2) is 12.1. The summed E-state index contributed by atoms with van der Waals surface area (Å²) in [5, 5.41) is 3.42. The number of methoxy groups -OCH3 is 1. The maximum atomic E-state index is 12.0. The average molecular weight is 495 g/mol. The lowest BCUT2D eigenvalue weighted by Gasteiger charge is -2.29. The molecule has 158 valence electrons. The number of ether oxygens (including phenoxy) is 2. The minimum Gasteiger partial charge on any atom is -0.469 e. The first kappa shape index (κ1) is 24.5. The molecule has 2 aliphatic rings. The van der Waals surface area contributed by atoms with E-state index in [1.165, 1.54) is 32.8 Å². The van der Waals surface area contributed by atoms with Crippen molar-refractivity contribution in [2.24, 2.45) is 22.2 Å². The van der Waals surface area contributed by atoms with Crippen LogP contribution in [-0.4, -0.2) is 63.3 Å². The van der Waals surface area contributed by atoms with Gasteiger partial charge in [0.2, 0.25) is 0 Å². The van der Waals surface area contributed by atoms with Gasteiger partial charge < -0.3 is 19.7 Å². The van der Waals surface area contributed by atoms with Gasteiger partial charge in [-0.05, 0) is 44.4 Å². The highest BCUT2D eigenvalue weighted by molar-refractivity contribution is 14.0. The molecule has 2 atom stereocenters. The fourth-order valence-electron chi connectivity index (χ4n) is 4.31. The molecule has 0 spiro atoms. The molecule has 1 saturated carbocycles. The average Bonchev–Trinajstić information content (AvgIpc) is 3.25. The first-order chi connectivity index (χ1) is 12.5. The van der Waals surface area contributed by atoms with Gasteiger partial charge in [0.05, 0.1) is 13.0 Å². The lowest BCUT2D eigenvalue weighted by molar-refractivity contribution is -0.145. The predicted octanol–water partition coefficient (Wildman–Crippen LogP) is 3.30. The molecule has 2 rings (SSSR count). The number of hydrogen-bond acceptors (Lipinski definition) is 4. The zero-order chi connectivity index (χ0) is 19.0.